The molecule has 2 aromatic rings. The van der Waals surface area contributed by atoms with Crippen LogP contribution in [0.2, 0.25) is 0 Å². The number of hydrogen-bond donors (Lipinski definition) is 1. The van der Waals surface area contributed by atoms with E-state index in [1.807, 2.05) is 6.07 Å². The quantitative estimate of drug-likeness (QED) is 0.750. The van der Waals surface area contributed by atoms with E-state index in [1.54, 1.807) is 31.3 Å². The highest BCUT2D eigenvalue weighted by Gasteiger charge is 2.22. The summed E-state index contributed by atoms with van der Waals surface area (Å²) in [6.07, 6.45) is 0.754. The molecule has 0 aliphatic heterocycles. The van der Waals surface area contributed by atoms with E-state index in [2.05, 4.69) is 19.2 Å². The van der Waals surface area contributed by atoms with Crippen molar-refractivity contribution in [3.63, 3.8) is 0 Å². The van der Waals surface area contributed by atoms with Gasteiger partial charge in [-0.05, 0) is 37.6 Å². The minimum atomic E-state index is -0.704. The number of halogens is 3. The summed E-state index contributed by atoms with van der Waals surface area (Å²) >= 11 is 0. The topological polar surface area (TPSA) is 21.3 Å². The maximum atomic E-state index is 14.7. The van der Waals surface area contributed by atoms with E-state index >= 15 is 0 Å². The first kappa shape index (κ1) is 19.4. The summed E-state index contributed by atoms with van der Waals surface area (Å²) in [7, 11) is 1.77. The Hall–Kier alpha value is -1.65. The fourth-order valence-electron chi connectivity index (χ4n) is 2.39. The fourth-order valence-corrected chi connectivity index (χ4v) is 2.39. The van der Waals surface area contributed by atoms with Crippen LogP contribution in [0.15, 0.2) is 42.5 Å². The van der Waals surface area contributed by atoms with Gasteiger partial charge in [0.05, 0.1) is 0 Å². The first-order valence-corrected chi connectivity index (χ1v) is 7.41. The molecule has 0 aliphatic carbocycles. The zero-order valence-corrected chi connectivity index (χ0v) is 14.3. The van der Waals surface area contributed by atoms with Crippen LogP contribution in [0.3, 0.4) is 0 Å². The van der Waals surface area contributed by atoms with Gasteiger partial charge < -0.3 is 10.1 Å². The van der Waals surface area contributed by atoms with E-state index in [4.69, 9.17) is 4.74 Å². The molecule has 0 aliphatic rings. The lowest BCUT2D eigenvalue weighted by atomic mass is 9.96. The average Bonchev–Trinajstić information content (AvgIpc) is 2.50. The van der Waals surface area contributed by atoms with Gasteiger partial charge in [0, 0.05) is 11.6 Å². The average molecular weight is 342 g/mol. The summed E-state index contributed by atoms with van der Waals surface area (Å²) in [5.41, 5.74) is 0.420. The Morgan fingerprint density at radius 2 is 1.70 bits per heavy atom. The molecule has 0 amide bonds. The Labute approximate surface area is 142 Å². The van der Waals surface area contributed by atoms with Crippen LogP contribution >= 0.6 is 12.4 Å². The van der Waals surface area contributed by atoms with Crippen molar-refractivity contribution in [3.8, 4) is 11.5 Å². The molecule has 0 radical (unpaired) electrons. The third-order valence-electron chi connectivity index (χ3n) is 3.47. The fraction of sp³-hybridized carbons (Fsp3) is 0.333. The molecule has 5 heteroatoms. The molecule has 1 N–H and O–H groups in total. The molecule has 1 unspecified atom stereocenters. The van der Waals surface area contributed by atoms with Crippen molar-refractivity contribution in [2.75, 3.05) is 7.05 Å². The van der Waals surface area contributed by atoms with Crippen LogP contribution in [0.1, 0.15) is 31.9 Å². The first-order chi connectivity index (χ1) is 10.5. The molecule has 23 heavy (non-hydrogen) atoms. The van der Waals surface area contributed by atoms with Crippen molar-refractivity contribution in [3.05, 3.63) is 59.7 Å². The first-order valence-electron chi connectivity index (χ1n) is 7.41. The van der Waals surface area contributed by atoms with Crippen LogP contribution in [0.4, 0.5) is 8.78 Å². The number of nitrogens with one attached hydrogen (secondary N) is 1. The molecule has 0 fully saturated rings. The van der Waals surface area contributed by atoms with E-state index in [9.17, 15) is 8.78 Å². The number of ether oxygens (including phenoxy) is 1. The molecule has 2 nitrogen and oxygen atoms in total. The highest BCUT2D eigenvalue weighted by molar-refractivity contribution is 5.85. The molecule has 2 aromatic carbocycles. The van der Waals surface area contributed by atoms with Crippen LogP contribution in [0.5, 0.6) is 11.5 Å². The molecule has 0 saturated carbocycles. The Bertz CT molecular complexity index is 620. The van der Waals surface area contributed by atoms with Gasteiger partial charge in [0.15, 0.2) is 17.4 Å². The van der Waals surface area contributed by atoms with Crippen molar-refractivity contribution in [2.24, 2.45) is 5.92 Å². The second kappa shape index (κ2) is 8.85. The summed E-state index contributed by atoms with van der Waals surface area (Å²) in [4.78, 5) is 0. The van der Waals surface area contributed by atoms with Crippen molar-refractivity contribution >= 4 is 12.4 Å². The number of para-hydroxylation sites is 1. The van der Waals surface area contributed by atoms with Crippen LogP contribution in [0.25, 0.3) is 0 Å². The maximum Gasteiger partial charge on any atom is 0.198 e. The summed E-state index contributed by atoms with van der Waals surface area (Å²) < 4.78 is 34.1. The van der Waals surface area contributed by atoms with Crippen LogP contribution in [-0.2, 0) is 0 Å². The second-order valence-corrected chi connectivity index (χ2v) is 5.67. The lowest BCUT2D eigenvalue weighted by Crippen LogP contribution is -2.20. The zero-order chi connectivity index (χ0) is 16.1. The van der Waals surface area contributed by atoms with Gasteiger partial charge in [-0.3, -0.25) is 0 Å². The van der Waals surface area contributed by atoms with Crippen LogP contribution in [0, 0.1) is 17.6 Å². The molecule has 0 saturated heterocycles. The van der Waals surface area contributed by atoms with Gasteiger partial charge in [-0.1, -0.05) is 38.1 Å². The summed E-state index contributed by atoms with van der Waals surface area (Å²) in [5, 5.41) is 3.08. The molecule has 1 atom stereocenters. The number of rotatable bonds is 6. The lowest BCUT2D eigenvalue weighted by molar-refractivity contribution is 0.388. The summed E-state index contributed by atoms with van der Waals surface area (Å²) in [5.74, 6) is -0.913. The van der Waals surface area contributed by atoms with Crippen molar-refractivity contribution in [2.45, 2.75) is 26.3 Å². The smallest absolute Gasteiger partial charge is 0.198 e. The molecule has 0 bridgehead atoms. The van der Waals surface area contributed by atoms with E-state index in [0.29, 0.717) is 17.2 Å². The van der Waals surface area contributed by atoms with Gasteiger partial charge in [0.2, 0.25) is 0 Å². The minimum absolute atomic E-state index is 0. The third kappa shape index (κ3) is 4.91. The largest absolute Gasteiger partial charge is 0.451 e. The van der Waals surface area contributed by atoms with Gasteiger partial charge in [-0.2, -0.15) is 0 Å². The standard InChI is InChI=1S/C18H21F2NO.ClH/c1-12(2)11-16(21-3)14-9-10-15(19)18(17(14)20)22-13-7-5-4-6-8-13;/h4-10,12,16,21H,11H2,1-3H3;1H. The predicted molar refractivity (Wildman–Crippen MR) is 91.4 cm³/mol. The lowest BCUT2D eigenvalue weighted by Gasteiger charge is -2.20. The number of hydrogen-bond acceptors (Lipinski definition) is 2. The van der Waals surface area contributed by atoms with Crippen molar-refractivity contribution in [1.29, 1.82) is 0 Å². The predicted octanol–water partition coefficient (Wildman–Crippen LogP) is 5.49. The Balaban J connectivity index is 0.00000264. The molecule has 0 spiro atoms. The maximum absolute atomic E-state index is 14.7. The number of benzene rings is 2. The third-order valence-corrected chi connectivity index (χ3v) is 3.47. The molecular weight excluding hydrogens is 320 g/mol. The van der Waals surface area contributed by atoms with Gasteiger partial charge >= 0.3 is 0 Å². The van der Waals surface area contributed by atoms with Crippen molar-refractivity contribution < 1.29 is 13.5 Å². The molecular formula is C18H22ClF2NO. The highest BCUT2D eigenvalue weighted by atomic mass is 35.5. The van der Waals surface area contributed by atoms with E-state index < -0.39 is 11.6 Å². The molecule has 0 aromatic heterocycles. The van der Waals surface area contributed by atoms with Crippen LogP contribution in [-0.4, -0.2) is 7.05 Å². The highest BCUT2D eigenvalue weighted by Crippen LogP contribution is 2.33. The monoisotopic (exact) mass is 341 g/mol. The van der Waals surface area contributed by atoms with Gasteiger partial charge in [0.1, 0.15) is 5.75 Å². The van der Waals surface area contributed by atoms with Gasteiger partial charge in [-0.25, -0.2) is 8.78 Å². The molecule has 0 heterocycles. The van der Waals surface area contributed by atoms with Crippen molar-refractivity contribution in [1.82, 2.24) is 5.32 Å². The minimum Gasteiger partial charge on any atom is -0.451 e. The zero-order valence-electron chi connectivity index (χ0n) is 13.5. The van der Waals surface area contributed by atoms with E-state index in [-0.39, 0.29) is 24.2 Å². The summed E-state index contributed by atoms with van der Waals surface area (Å²) in [6, 6.07) is 11.2. The SMILES string of the molecule is CNC(CC(C)C)c1ccc(F)c(Oc2ccccc2)c1F.Cl. The Morgan fingerprint density at radius 1 is 1.04 bits per heavy atom. The van der Waals surface area contributed by atoms with Gasteiger partial charge in [0.25, 0.3) is 0 Å². The van der Waals surface area contributed by atoms with E-state index in [1.165, 1.54) is 12.1 Å². The van der Waals surface area contributed by atoms with Crippen LogP contribution < -0.4 is 10.1 Å². The molecule has 126 valence electrons. The van der Waals surface area contributed by atoms with E-state index in [0.717, 1.165) is 6.42 Å². The Kier molecular flexibility index (Phi) is 7.46. The summed E-state index contributed by atoms with van der Waals surface area (Å²) in [6.45, 7) is 4.13. The second-order valence-electron chi connectivity index (χ2n) is 5.67. The van der Waals surface area contributed by atoms with Gasteiger partial charge in [-0.15, -0.1) is 12.4 Å². The Morgan fingerprint density at radius 3 is 2.26 bits per heavy atom. The molecule has 2 rings (SSSR count). The normalized spacial score (nSPS) is 11.9.